The maximum atomic E-state index is 13.3. The minimum atomic E-state index is -0.690. The maximum absolute atomic E-state index is 13.3. The van der Waals surface area contributed by atoms with Crippen molar-refractivity contribution in [3.8, 4) is 10.4 Å². The van der Waals surface area contributed by atoms with Gasteiger partial charge in [0.1, 0.15) is 17.6 Å². The van der Waals surface area contributed by atoms with Gasteiger partial charge in [0.15, 0.2) is 0 Å². The van der Waals surface area contributed by atoms with E-state index in [0.29, 0.717) is 30.1 Å². The summed E-state index contributed by atoms with van der Waals surface area (Å²) < 4.78 is 1.39. The van der Waals surface area contributed by atoms with E-state index in [2.05, 4.69) is 25.6 Å². The molecule has 37 heavy (non-hydrogen) atoms. The number of rotatable bonds is 6. The van der Waals surface area contributed by atoms with Crippen LogP contribution in [0.2, 0.25) is 0 Å². The van der Waals surface area contributed by atoms with Crippen molar-refractivity contribution in [2.45, 2.75) is 25.4 Å². The number of nitrogens with zero attached hydrogens (tertiary/aromatic N) is 3. The van der Waals surface area contributed by atoms with E-state index < -0.39 is 11.6 Å². The first kappa shape index (κ1) is 22.9. The number of amides is 2. The summed E-state index contributed by atoms with van der Waals surface area (Å²) in [5.74, 6) is -0.130. The van der Waals surface area contributed by atoms with Crippen molar-refractivity contribution < 1.29 is 9.59 Å². The Bertz CT molecular complexity index is 1650. The molecule has 10 heteroatoms. The van der Waals surface area contributed by atoms with Crippen LogP contribution in [0.5, 0.6) is 0 Å². The summed E-state index contributed by atoms with van der Waals surface area (Å²) >= 11 is 1.34. The van der Waals surface area contributed by atoms with Crippen LogP contribution < -0.4 is 16.2 Å². The standard InChI is InChI=1S/C27H22N6O3S/c34-25(30-14-18-12-17-13-28-11-10-19(17)31-18)21-6-9-24-29-15-20(27(36)33(21)24)32-26(35)23-8-7-22(37-23)16-4-2-1-3-5-16/h1-5,7-8,10-13,15,21,31H,6,9,14H2,(H,30,34)(H,32,35)/t21-/m0/s1. The van der Waals surface area contributed by atoms with Gasteiger partial charge in [-0.1, -0.05) is 30.3 Å². The molecule has 1 atom stereocenters. The third-order valence-corrected chi connectivity index (χ3v) is 7.52. The average molecular weight is 511 g/mol. The van der Waals surface area contributed by atoms with E-state index in [1.165, 1.54) is 22.1 Å². The summed E-state index contributed by atoms with van der Waals surface area (Å²) in [5.41, 5.74) is 2.40. The number of thiophene rings is 1. The number of aromatic amines is 1. The minimum Gasteiger partial charge on any atom is -0.357 e. The Morgan fingerprint density at radius 3 is 2.81 bits per heavy atom. The maximum Gasteiger partial charge on any atom is 0.278 e. The predicted molar refractivity (Wildman–Crippen MR) is 142 cm³/mol. The molecule has 0 bridgehead atoms. The Morgan fingerprint density at radius 2 is 1.97 bits per heavy atom. The highest BCUT2D eigenvalue weighted by molar-refractivity contribution is 7.17. The molecule has 1 aromatic carbocycles. The Morgan fingerprint density at radius 1 is 1.11 bits per heavy atom. The largest absolute Gasteiger partial charge is 0.357 e. The van der Waals surface area contributed by atoms with Gasteiger partial charge >= 0.3 is 0 Å². The van der Waals surface area contributed by atoms with E-state index in [-0.39, 0.29) is 17.5 Å². The van der Waals surface area contributed by atoms with Crippen LogP contribution in [-0.2, 0) is 17.8 Å². The summed E-state index contributed by atoms with van der Waals surface area (Å²) in [5, 5.41) is 6.56. The third-order valence-electron chi connectivity index (χ3n) is 6.39. The monoisotopic (exact) mass is 510 g/mol. The van der Waals surface area contributed by atoms with Gasteiger partial charge in [-0.15, -0.1) is 11.3 Å². The number of aromatic nitrogens is 4. The highest BCUT2D eigenvalue weighted by atomic mass is 32.1. The van der Waals surface area contributed by atoms with E-state index in [1.54, 1.807) is 18.5 Å². The lowest BCUT2D eigenvalue weighted by atomic mass is 10.2. The molecule has 5 heterocycles. The normalized spacial score (nSPS) is 14.4. The number of anilines is 1. The third kappa shape index (κ3) is 4.43. The second kappa shape index (κ2) is 9.47. The lowest BCUT2D eigenvalue weighted by Gasteiger charge is -2.15. The quantitative estimate of drug-likeness (QED) is 0.320. The highest BCUT2D eigenvalue weighted by Crippen LogP contribution is 2.28. The fraction of sp³-hybridized carbons (Fsp3) is 0.148. The average Bonchev–Trinajstić information content (AvgIpc) is 3.67. The molecule has 0 saturated heterocycles. The van der Waals surface area contributed by atoms with Crippen molar-refractivity contribution in [2.75, 3.05) is 5.32 Å². The zero-order valence-electron chi connectivity index (χ0n) is 19.6. The fourth-order valence-corrected chi connectivity index (χ4v) is 5.47. The summed E-state index contributed by atoms with van der Waals surface area (Å²) in [6.07, 6.45) is 5.80. The van der Waals surface area contributed by atoms with Crippen LogP contribution in [0.25, 0.3) is 21.3 Å². The van der Waals surface area contributed by atoms with Crippen LogP contribution >= 0.6 is 11.3 Å². The first-order valence-electron chi connectivity index (χ1n) is 11.8. The van der Waals surface area contributed by atoms with Gasteiger partial charge in [0.25, 0.3) is 11.5 Å². The topological polar surface area (TPSA) is 122 Å². The van der Waals surface area contributed by atoms with Crippen molar-refractivity contribution in [1.82, 2.24) is 24.8 Å². The molecule has 1 aliphatic rings. The summed E-state index contributed by atoms with van der Waals surface area (Å²) in [6, 6.07) is 16.5. The number of aryl methyl sites for hydroxylation is 1. The molecular weight excluding hydrogens is 488 g/mol. The minimum absolute atomic E-state index is 0.0474. The van der Waals surface area contributed by atoms with Gasteiger partial charge in [-0.05, 0) is 36.2 Å². The number of benzene rings is 1. The molecule has 0 spiro atoms. The van der Waals surface area contributed by atoms with Crippen LogP contribution in [0.1, 0.15) is 33.7 Å². The zero-order chi connectivity index (χ0) is 25.4. The van der Waals surface area contributed by atoms with Gasteiger partial charge in [0.05, 0.1) is 17.6 Å². The SMILES string of the molecule is O=C(Nc1cnc2n(c1=O)[C@H](C(=O)NCc1cc3cnccc3[nH]1)CC2)c1ccc(-c2ccccc2)s1. The summed E-state index contributed by atoms with van der Waals surface area (Å²) in [4.78, 5) is 52.3. The Hall–Kier alpha value is -4.57. The van der Waals surface area contributed by atoms with Crippen LogP contribution in [0, 0.1) is 0 Å². The Kier molecular flexibility index (Phi) is 5.85. The van der Waals surface area contributed by atoms with E-state index >= 15 is 0 Å². The molecule has 0 radical (unpaired) electrons. The summed E-state index contributed by atoms with van der Waals surface area (Å²) in [7, 11) is 0. The molecule has 2 amide bonds. The lowest BCUT2D eigenvalue weighted by molar-refractivity contribution is -0.124. The van der Waals surface area contributed by atoms with E-state index in [4.69, 9.17) is 0 Å². The van der Waals surface area contributed by atoms with Crippen LogP contribution in [0.3, 0.4) is 0 Å². The van der Waals surface area contributed by atoms with Gasteiger partial charge < -0.3 is 15.6 Å². The number of hydrogen-bond donors (Lipinski definition) is 3. The number of carbonyl (C=O) groups is 2. The second-order valence-corrected chi connectivity index (χ2v) is 9.86. The van der Waals surface area contributed by atoms with Crippen LogP contribution in [-0.4, -0.2) is 31.3 Å². The van der Waals surface area contributed by atoms with Crippen molar-refractivity contribution >= 4 is 39.7 Å². The number of carbonyl (C=O) groups excluding carboxylic acids is 2. The van der Waals surface area contributed by atoms with Crippen LogP contribution in [0.15, 0.2) is 78.0 Å². The molecule has 0 saturated carbocycles. The van der Waals surface area contributed by atoms with Crippen molar-refractivity contribution in [1.29, 1.82) is 0 Å². The van der Waals surface area contributed by atoms with Crippen molar-refractivity contribution in [2.24, 2.45) is 0 Å². The molecular formula is C27H22N6O3S. The Balaban J connectivity index is 1.17. The molecule has 184 valence electrons. The van der Waals surface area contributed by atoms with Crippen LogP contribution in [0.4, 0.5) is 5.69 Å². The highest BCUT2D eigenvalue weighted by Gasteiger charge is 2.31. The molecule has 0 aliphatic carbocycles. The molecule has 4 aromatic heterocycles. The molecule has 9 nitrogen and oxygen atoms in total. The molecule has 3 N–H and O–H groups in total. The molecule has 0 unspecified atom stereocenters. The fourth-order valence-electron chi connectivity index (χ4n) is 4.57. The van der Waals surface area contributed by atoms with Gasteiger partial charge in [0.2, 0.25) is 5.91 Å². The van der Waals surface area contributed by atoms with E-state index in [9.17, 15) is 14.4 Å². The molecule has 6 rings (SSSR count). The number of nitrogens with one attached hydrogen (secondary N) is 3. The number of H-pyrrole nitrogens is 1. The van der Waals surface area contributed by atoms with Gasteiger partial charge in [-0.2, -0.15) is 0 Å². The first-order valence-corrected chi connectivity index (χ1v) is 12.6. The van der Waals surface area contributed by atoms with Gasteiger partial charge in [-0.3, -0.25) is 23.9 Å². The molecule has 0 fully saturated rings. The van der Waals surface area contributed by atoms with Gasteiger partial charge in [-0.25, -0.2) is 4.98 Å². The zero-order valence-corrected chi connectivity index (χ0v) is 20.4. The number of pyridine rings is 1. The predicted octanol–water partition coefficient (Wildman–Crippen LogP) is 3.90. The van der Waals surface area contributed by atoms with Crippen molar-refractivity contribution in [3.63, 3.8) is 0 Å². The molecule has 1 aliphatic heterocycles. The molecule has 5 aromatic rings. The lowest BCUT2D eigenvalue weighted by Crippen LogP contribution is -2.36. The summed E-state index contributed by atoms with van der Waals surface area (Å²) in [6.45, 7) is 0.292. The van der Waals surface area contributed by atoms with Gasteiger partial charge in [0, 0.05) is 40.3 Å². The Labute approximate surface area is 215 Å². The first-order chi connectivity index (χ1) is 18.1. The van der Waals surface area contributed by atoms with E-state index in [0.717, 1.165) is 27.0 Å². The smallest absolute Gasteiger partial charge is 0.278 e. The van der Waals surface area contributed by atoms with E-state index in [1.807, 2.05) is 48.5 Å². The number of fused-ring (bicyclic) bond motifs is 2. The second-order valence-electron chi connectivity index (χ2n) is 8.78. The van der Waals surface area contributed by atoms with Crippen molar-refractivity contribution in [3.05, 3.63) is 99.9 Å². The number of hydrogen-bond acceptors (Lipinski definition) is 6.